The third kappa shape index (κ3) is 1.48. The zero-order valence-corrected chi connectivity index (χ0v) is 10.9. The minimum atomic E-state index is -0.208. The van der Waals surface area contributed by atoms with Crippen LogP contribution in [0.4, 0.5) is 0 Å². The van der Waals surface area contributed by atoms with Gasteiger partial charge in [-0.05, 0) is 41.4 Å². The summed E-state index contributed by atoms with van der Waals surface area (Å²) < 4.78 is 2.68. The molecule has 0 saturated heterocycles. The first-order valence-electron chi connectivity index (χ1n) is 5.11. The van der Waals surface area contributed by atoms with Gasteiger partial charge in [0.25, 0.3) is 5.56 Å². The summed E-state index contributed by atoms with van der Waals surface area (Å²) in [5.74, 6) is 0.585. The van der Waals surface area contributed by atoms with Gasteiger partial charge in [0.05, 0.1) is 4.47 Å². The van der Waals surface area contributed by atoms with E-state index in [-0.39, 0.29) is 5.56 Å². The lowest BCUT2D eigenvalue weighted by atomic mass is 10.3. The fraction of sp³-hybridized carbons (Fsp3) is 0.182. The normalized spacial score (nSPS) is 11.5. The number of imidazole rings is 1. The number of hydrogen-bond donors (Lipinski definition) is 1. The second-order valence-electron chi connectivity index (χ2n) is 3.99. The van der Waals surface area contributed by atoms with E-state index in [0.717, 1.165) is 10.0 Å². The highest BCUT2D eigenvalue weighted by molar-refractivity contribution is 9.10. The van der Waals surface area contributed by atoms with E-state index in [2.05, 4.69) is 30.9 Å². The van der Waals surface area contributed by atoms with Gasteiger partial charge in [-0.3, -0.25) is 9.20 Å². The van der Waals surface area contributed by atoms with Crippen molar-refractivity contribution in [2.24, 2.45) is 0 Å². The predicted molar refractivity (Wildman–Crippen MR) is 68.3 cm³/mol. The Bertz CT molecular complexity index is 802. The number of rotatable bonds is 0. The molecule has 3 rings (SSSR count). The molecule has 3 aromatic heterocycles. The van der Waals surface area contributed by atoms with Crippen LogP contribution in [0, 0.1) is 13.8 Å². The number of aryl methyl sites for hydroxylation is 2. The van der Waals surface area contributed by atoms with Crippen LogP contribution in [-0.4, -0.2) is 19.4 Å². The first kappa shape index (κ1) is 10.5. The standard InChI is InChI=1S/C11H9BrN4O/c1-5-3-7(12)9-15-8-10(16(9)4-5)13-6(2)14-11(8)17/h3-4H,1-2H3,(H,13,14,17). The number of H-pyrrole nitrogens is 1. The van der Waals surface area contributed by atoms with Gasteiger partial charge in [-0.15, -0.1) is 0 Å². The molecule has 0 spiro atoms. The van der Waals surface area contributed by atoms with Gasteiger partial charge in [0.15, 0.2) is 16.8 Å². The van der Waals surface area contributed by atoms with Crippen LogP contribution in [0.2, 0.25) is 0 Å². The molecule has 0 atom stereocenters. The zero-order valence-electron chi connectivity index (χ0n) is 9.28. The molecule has 6 heteroatoms. The molecule has 3 heterocycles. The second kappa shape index (κ2) is 3.40. The van der Waals surface area contributed by atoms with E-state index in [1.165, 1.54) is 0 Å². The highest BCUT2D eigenvalue weighted by Gasteiger charge is 2.12. The molecule has 0 aliphatic heterocycles. The van der Waals surface area contributed by atoms with Crippen LogP contribution in [0.25, 0.3) is 16.8 Å². The second-order valence-corrected chi connectivity index (χ2v) is 4.85. The molecule has 0 aliphatic carbocycles. The van der Waals surface area contributed by atoms with Crippen molar-refractivity contribution in [1.29, 1.82) is 0 Å². The highest BCUT2D eigenvalue weighted by atomic mass is 79.9. The topological polar surface area (TPSA) is 63.0 Å². The Morgan fingerprint density at radius 2 is 2.06 bits per heavy atom. The van der Waals surface area contributed by atoms with E-state index >= 15 is 0 Å². The fourth-order valence-electron chi connectivity index (χ4n) is 1.89. The molecule has 0 aliphatic rings. The lowest BCUT2D eigenvalue weighted by molar-refractivity contribution is 1.03. The van der Waals surface area contributed by atoms with Crippen LogP contribution >= 0.6 is 15.9 Å². The van der Waals surface area contributed by atoms with Crippen molar-refractivity contribution in [2.45, 2.75) is 13.8 Å². The van der Waals surface area contributed by atoms with Crippen LogP contribution < -0.4 is 5.56 Å². The molecule has 3 aromatic rings. The maximum Gasteiger partial charge on any atom is 0.279 e. The number of pyridine rings is 1. The lowest BCUT2D eigenvalue weighted by Crippen LogP contribution is -2.09. The smallest absolute Gasteiger partial charge is 0.279 e. The number of halogens is 1. The minimum absolute atomic E-state index is 0.208. The van der Waals surface area contributed by atoms with E-state index < -0.39 is 0 Å². The van der Waals surface area contributed by atoms with Gasteiger partial charge in [0.1, 0.15) is 5.82 Å². The molecule has 86 valence electrons. The van der Waals surface area contributed by atoms with Crippen LogP contribution in [0.3, 0.4) is 0 Å². The maximum absolute atomic E-state index is 11.8. The van der Waals surface area contributed by atoms with Gasteiger partial charge in [0.2, 0.25) is 0 Å². The Hall–Kier alpha value is -1.69. The maximum atomic E-state index is 11.8. The molecule has 17 heavy (non-hydrogen) atoms. The number of aromatic nitrogens is 4. The number of nitrogens with one attached hydrogen (secondary N) is 1. The first-order chi connectivity index (χ1) is 8.06. The Labute approximate surface area is 105 Å². The molecule has 0 fully saturated rings. The fourth-order valence-corrected chi connectivity index (χ4v) is 2.53. The number of hydrogen-bond acceptors (Lipinski definition) is 3. The van der Waals surface area contributed by atoms with E-state index in [9.17, 15) is 4.79 Å². The van der Waals surface area contributed by atoms with Gasteiger partial charge in [-0.25, -0.2) is 9.97 Å². The Kier molecular flexibility index (Phi) is 2.09. The quantitative estimate of drug-likeness (QED) is 0.689. The SMILES string of the molecule is Cc1cc(Br)c2nc3c(=O)[nH]c(C)nc3n2c1. The van der Waals surface area contributed by atoms with Gasteiger partial charge >= 0.3 is 0 Å². The van der Waals surface area contributed by atoms with E-state index in [1.807, 2.05) is 23.6 Å². The van der Waals surface area contributed by atoms with E-state index in [4.69, 9.17) is 0 Å². The summed E-state index contributed by atoms with van der Waals surface area (Å²) in [6.45, 7) is 3.74. The van der Waals surface area contributed by atoms with Crippen molar-refractivity contribution < 1.29 is 0 Å². The molecule has 1 N–H and O–H groups in total. The highest BCUT2D eigenvalue weighted by Crippen LogP contribution is 2.21. The molecule has 0 saturated carbocycles. The number of fused-ring (bicyclic) bond motifs is 3. The van der Waals surface area contributed by atoms with E-state index in [0.29, 0.717) is 22.6 Å². The average Bonchev–Trinajstić information content (AvgIpc) is 2.58. The monoisotopic (exact) mass is 292 g/mol. The Morgan fingerprint density at radius 1 is 1.29 bits per heavy atom. The average molecular weight is 293 g/mol. The third-order valence-corrected chi connectivity index (χ3v) is 3.15. The van der Waals surface area contributed by atoms with Crippen LogP contribution in [0.15, 0.2) is 21.5 Å². The van der Waals surface area contributed by atoms with Crippen molar-refractivity contribution in [3.63, 3.8) is 0 Å². The van der Waals surface area contributed by atoms with E-state index in [1.54, 1.807) is 6.92 Å². The summed E-state index contributed by atoms with van der Waals surface area (Å²) in [7, 11) is 0. The predicted octanol–water partition coefficient (Wildman–Crippen LogP) is 1.95. The molecular weight excluding hydrogens is 284 g/mol. The molecule has 0 radical (unpaired) electrons. The summed E-state index contributed by atoms with van der Waals surface area (Å²) in [6, 6.07) is 1.96. The molecule has 0 bridgehead atoms. The molecular formula is C11H9BrN4O. The van der Waals surface area contributed by atoms with Gasteiger partial charge < -0.3 is 4.98 Å². The zero-order chi connectivity index (χ0) is 12.2. The molecule has 0 amide bonds. The summed E-state index contributed by atoms with van der Waals surface area (Å²) in [5, 5.41) is 0. The number of nitrogens with zero attached hydrogens (tertiary/aromatic N) is 3. The van der Waals surface area contributed by atoms with Gasteiger partial charge in [-0.1, -0.05) is 0 Å². The molecule has 0 unspecified atom stereocenters. The Morgan fingerprint density at radius 3 is 2.82 bits per heavy atom. The minimum Gasteiger partial charge on any atom is -0.309 e. The Balaban J connectivity index is 2.65. The third-order valence-electron chi connectivity index (χ3n) is 2.57. The summed E-state index contributed by atoms with van der Waals surface area (Å²) in [6.07, 6.45) is 1.92. The van der Waals surface area contributed by atoms with Crippen LogP contribution in [0.1, 0.15) is 11.4 Å². The lowest BCUT2D eigenvalue weighted by Gasteiger charge is -1.99. The van der Waals surface area contributed by atoms with Crippen molar-refractivity contribution in [1.82, 2.24) is 19.4 Å². The summed E-state index contributed by atoms with van der Waals surface area (Å²) in [5.41, 5.74) is 2.52. The summed E-state index contributed by atoms with van der Waals surface area (Å²) >= 11 is 3.45. The van der Waals surface area contributed by atoms with Crippen LogP contribution in [0.5, 0.6) is 0 Å². The van der Waals surface area contributed by atoms with Crippen molar-refractivity contribution in [2.75, 3.05) is 0 Å². The van der Waals surface area contributed by atoms with Gasteiger partial charge in [-0.2, -0.15) is 0 Å². The van der Waals surface area contributed by atoms with Gasteiger partial charge in [0, 0.05) is 6.20 Å². The van der Waals surface area contributed by atoms with Crippen molar-refractivity contribution in [3.05, 3.63) is 38.5 Å². The summed E-state index contributed by atoms with van der Waals surface area (Å²) in [4.78, 5) is 23.1. The largest absolute Gasteiger partial charge is 0.309 e. The first-order valence-corrected chi connectivity index (χ1v) is 5.90. The van der Waals surface area contributed by atoms with Crippen molar-refractivity contribution >= 4 is 32.7 Å². The van der Waals surface area contributed by atoms with Crippen LogP contribution in [-0.2, 0) is 0 Å². The van der Waals surface area contributed by atoms with Crippen molar-refractivity contribution in [3.8, 4) is 0 Å². The molecule has 0 aromatic carbocycles. The molecule has 5 nitrogen and oxygen atoms in total. The number of aromatic amines is 1.